The Balaban J connectivity index is 1.72. The van der Waals surface area contributed by atoms with Crippen molar-refractivity contribution in [3.8, 4) is 5.69 Å². The number of nitrogens with two attached hydrogens (primary N) is 1. The van der Waals surface area contributed by atoms with E-state index in [9.17, 15) is 19.2 Å². The molecule has 0 radical (unpaired) electrons. The fraction of sp³-hybridized carbons (Fsp3) is 0.269. The topological polar surface area (TPSA) is 145 Å². The predicted molar refractivity (Wildman–Crippen MR) is 134 cm³/mol. The zero-order valence-corrected chi connectivity index (χ0v) is 20.5. The molecule has 4 N–H and O–H groups in total. The van der Waals surface area contributed by atoms with Crippen molar-refractivity contribution in [3.63, 3.8) is 0 Å². The summed E-state index contributed by atoms with van der Waals surface area (Å²) in [5.74, 6) is -1.60. The third-order valence-electron chi connectivity index (χ3n) is 5.70. The van der Waals surface area contributed by atoms with Crippen LogP contribution in [0.25, 0.3) is 5.69 Å². The molecule has 188 valence electrons. The van der Waals surface area contributed by atoms with Gasteiger partial charge in [0.1, 0.15) is 0 Å². The molecule has 3 amide bonds. The lowest BCUT2D eigenvalue weighted by Gasteiger charge is -2.12. The van der Waals surface area contributed by atoms with E-state index in [0.29, 0.717) is 17.7 Å². The highest BCUT2D eigenvalue weighted by atomic mass is 16.5. The predicted octanol–water partition coefficient (Wildman–Crippen LogP) is 2.45. The molecule has 0 fully saturated rings. The smallest absolute Gasteiger partial charge is 0.305 e. The fourth-order valence-corrected chi connectivity index (χ4v) is 3.75. The van der Waals surface area contributed by atoms with Gasteiger partial charge in [-0.05, 0) is 62.2 Å². The second-order valence-corrected chi connectivity index (χ2v) is 8.16. The Kier molecular flexibility index (Phi) is 8.56. The van der Waals surface area contributed by atoms with Crippen LogP contribution in [0.2, 0.25) is 0 Å². The Morgan fingerprint density at radius 2 is 1.67 bits per heavy atom. The zero-order valence-electron chi connectivity index (χ0n) is 20.5. The number of aromatic nitrogens is 2. The van der Waals surface area contributed by atoms with Gasteiger partial charge in [-0.25, -0.2) is 4.68 Å². The second kappa shape index (κ2) is 11.8. The van der Waals surface area contributed by atoms with Gasteiger partial charge in [0.15, 0.2) is 0 Å². The maximum Gasteiger partial charge on any atom is 0.305 e. The lowest BCUT2D eigenvalue weighted by molar-refractivity contribution is -0.140. The van der Waals surface area contributed by atoms with Crippen LogP contribution < -0.4 is 16.4 Å². The van der Waals surface area contributed by atoms with E-state index in [0.717, 1.165) is 22.6 Å². The van der Waals surface area contributed by atoms with E-state index in [4.69, 9.17) is 10.5 Å². The molecule has 0 saturated heterocycles. The number of amides is 3. The number of benzene rings is 2. The highest BCUT2D eigenvalue weighted by Crippen LogP contribution is 2.21. The van der Waals surface area contributed by atoms with Crippen molar-refractivity contribution < 1.29 is 23.9 Å². The molecule has 0 saturated carbocycles. The van der Waals surface area contributed by atoms with E-state index >= 15 is 0 Å². The van der Waals surface area contributed by atoms with Crippen LogP contribution in [0.15, 0.2) is 48.5 Å². The number of nitrogens with one attached hydrogen (secondary N) is 2. The minimum atomic E-state index is -0.516. The molecule has 2 aromatic carbocycles. The summed E-state index contributed by atoms with van der Waals surface area (Å²) < 4.78 is 6.50. The molecule has 0 atom stereocenters. The molecule has 3 rings (SSSR count). The fourth-order valence-electron chi connectivity index (χ4n) is 3.75. The number of methoxy groups -OCH3 is 1. The monoisotopic (exact) mass is 491 g/mol. The number of carbonyl (C=O) groups is 4. The van der Waals surface area contributed by atoms with E-state index in [2.05, 4.69) is 15.7 Å². The number of aryl methyl sites for hydroxylation is 1. The molecule has 0 bridgehead atoms. The van der Waals surface area contributed by atoms with Gasteiger partial charge in [-0.1, -0.05) is 12.1 Å². The minimum absolute atomic E-state index is 0.0225. The van der Waals surface area contributed by atoms with Crippen molar-refractivity contribution in [1.82, 2.24) is 15.1 Å². The number of ether oxygens (including phenoxy) is 1. The standard InChI is InChI=1S/C26H29N5O5/c1-16-20(12-13-24(33)36-3)17(2)31(30-16)19-10-8-18(9-11-19)25(34)29-22-7-5-4-6-21(22)26(35)28-15-14-23(27)32/h4-11H,12-15H2,1-3H3,(H2,27,32)(H,28,35)(H,29,34). The van der Waals surface area contributed by atoms with Crippen molar-refractivity contribution in [2.45, 2.75) is 33.1 Å². The Bertz CT molecular complexity index is 1280. The number of anilines is 1. The maximum absolute atomic E-state index is 12.9. The Labute approximate surface area is 208 Å². The number of esters is 1. The Morgan fingerprint density at radius 3 is 2.33 bits per heavy atom. The van der Waals surface area contributed by atoms with E-state index in [1.807, 2.05) is 13.8 Å². The van der Waals surface area contributed by atoms with Crippen LogP contribution in [0.5, 0.6) is 0 Å². The molecule has 0 aliphatic rings. The van der Waals surface area contributed by atoms with Crippen molar-refractivity contribution in [2.75, 3.05) is 19.0 Å². The molecule has 0 aliphatic heterocycles. The van der Waals surface area contributed by atoms with Crippen molar-refractivity contribution in [3.05, 3.63) is 76.6 Å². The van der Waals surface area contributed by atoms with E-state index in [1.165, 1.54) is 7.11 Å². The number of rotatable bonds is 10. The molecule has 0 unspecified atom stereocenters. The largest absolute Gasteiger partial charge is 0.469 e. The summed E-state index contributed by atoms with van der Waals surface area (Å²) in [4.78, 5) is 47.8. The lowest BCUT2D eigenvalue weighted by Crippen LogP contribution is -2.28. The summed E-state index contributed by atoms with van der Waals surface area (Å²) >= 11 is 0. The average molecular weight is 492 g/mol. The lowest BCUT2D eigenvalue weighted by atomic mass is 10.1. The first-order valence-corrected chi connectivity index (χ1v) is 11.4. The number of primary amides is 1. The molecule has 10 heteroatoms. The summed E-state index contributed by atoms with van der Waals surface area (Å²) in [5.41, 5.74) is 9.60. The second-order valence-electron chi connectivity index (χ2n) is 8.16. The number of hydrogen-bond acceptors (Lipinski definition) is 6. The van der Waals surface area contributed by atoms with Crippen LogP contribution in [0.1, 0.15) is 50.5 Å². The number of nitrogens with zero attached hydrogens (tertiary/aromatic N) is 2. The van der Waals surface area contributed by atoms with Crippen molar-refractivity contribution >= 4 is 29.4 Å². The van der Waals surface area contributed by atoms with Gasteiger partial charge in [-0.3, -0.25) is 19.2 Å². The first-order chi connectivity index (χ1) is 17.2. The van der Waals surface area contributed by atoms with Crippen molar-refractivity contribution in [1.29, 1.82) is 0 Å². The van der Waals surface area contributed by atoms with Crippen LogP contribution in [0.3, 0.4) is 0 Å². The van der Waals surface area contributed by atoms with E-state index < -0.39 is 11.8 Å². The normalized spacial score (nSPS) is 10.5. The number of para-hydroxylation sites is 1. The minimum Gasteiger partial charge on any atom is -0.469 e. The summed E-state index contributed by atoms with van der Waals surface area (Å²) in [5, 5.41) is 9.96. The van der Waals surface area contributed by atoms with Gasteiger partial charge in [0.25, 0.3) is 11.8 Å². The quantitative estimate of drug-likeness (QED) is 0.372. The van der Waals surface area contributed by atoms with Crippen LogP contribution in [0, 0.1) is 13.8 Å². The van der Waals surface area contributed by atoms with Crippen LogP contribution >= 0.6 is 0 Å². The van der Waals surface area contributed by atoms with Gasteiger partial charge in [-0.15, -0.1) is 0 Å². The molecule has 10 nitrogen and oxygen atoms in total. The van der Waals surface area contributed by atoms with Gasteiger partial charge < -0.3 is 21.1 Å². The third-order valence-corrected chi connectivity index (χ3v) is 5.70. The molecule has 36 heavy (non-hydrogen) atoms. The Morgan fingerprint density at radius 1 is 0.972 bits per heavy atom. The Hall–Kier alpha value is -4.47. The van der Waals surface area contributed by atoms with Gasteiger partial charge in [0.2, 0.25) is 5.91 Å². The highest BCUT2D eigenvalue weighted by molar-refractivity contribution is 6.09. The summed E-state index contributed by atoms with van der Waals surface area (Å²) in [7, 11) is 1.36. The molecular weight excluding hydrogens is 462 g/mol. The number of hydrogen-bond donors (Lipinski definition) is 3. The SMILES string of the molecule is COC(=O)CCc1c(C)nn(-c2ccc(C(=O)Nc3ccccc3C(=O)NCCC(N)=O)cc2)c1C. The van der Waals surface area contributed by atoms with Gasteiger partial charge in [0, 0.05) is 30.6 Å². The number of carbonyl (C=O) groups excluding carboxylic acids is 4. The molecule has 3 aromatic rings. The van der Waals surface area contributed by atoms with E-state index in [1.54, 1.807) is 53.2 Å². The highest BCUT2D eigenvalue weighted by Gasteiger charge is 2.16. The average Bonchev–Trinajstić information content (AvgIpc) is 3.15. The first kappa shape index (κ1) is 26.1. The summed E-state index contributed by atoms with van der Waals surface area (Å²) in [6.07, 6.45) is 0.822. The molecule has 0 spiro atoms. The first-order valence-electron chi connectivity index (χ1n) is 11.4. The third kappa shape index (κ3) is 6.35. The van der Waals surface area contributed by atoms with Gasteiger partial charge in [0.05, 0.1) is 29.7 Å². The van der Waals surface area contributed by atoms with E-state index in [-0.39, 0.29) is 36.8 Å². The summed E-state index contributed by atoms with van der Waals surface area (Å²) in [6, 6.07) is 13.5. The zero-order chi connectivity index (χ0) is 26.2. The molecular formula is C26H29N5O5. The van der Waals surface area contributed by atoms with Gasteiger partial charge >= 0.3 is 5.97 Å². The van der Waals surface area contributed by atoms with Crippen LogP contribution in [0.4, 0.5) is 5.69 Å². The van der Waals surface area contributed by atoms with Gasteiger partial charge in [-0.2, -0.15) is 5.10 Å². The molecule has 0 aliphatic carbocycles. The molecule has 1 heterocycles. The van der Waals surface area contributed by atoms with Crippen LogP contribution in [-0.4, -0.2) is 47.1 Å². The maximum atomic E-state index is 12.9. The molecule has 1 aromatic heterocycles. The summed E-state index contributed by atoms with van der Waals surface area (Å²) in [6.45, 7) is 3.92. The van der Waals surface area contributed by atoms with Crippen LogP contribution in [-0.2, 0) is 20.7 Å². The van der Waals surface area contributed by atoms with Crippen molar-refractivity contribution in [2.24, 2.45) is 5.73 Å².